The van der Waals surface area contributed by atoms with Crippen LogP contribution in [0.2, 0.25) is 0 Å². The van der Waals surface area contributed by atoms with Gasteiger partial charge in [0.25, 0.3) is 0 Å². The monoisotopic (exact) mass is 266 g/mol. The number of nitrogens with zero attached hydrogens (tertiary/aromatic N) is 2. The average Bonchev–Trinajstić information content (AvgIpc) is 2.32. The van der Waals surface area contributed by atoms with E-state index >= 15 is 0 Å². The molecule has 0 amide bonds. The molecule has 3 nitrogen and oxygen atoms in total. The highest BCUT2D eigenvalue weighted by molar-refractivity contribution is 5.50. The summed E-state index contributed by atoms with van der Waals surface area (Å²) in [4.78, 5) is 4.38. The summed E-state index contributed by atoms with van der Waals surface area (Å²) < 4.78 is 14.2. The summed E-state index contributed by atoms with van der Waals surface area (Å²) in [6.45, 7) is 8.53. The predicted molar refractivity (Wildman–Crippen MR) is 76.0 cm³/mol. The van der Waals surface area contributed by atoms with Gasteiger partial charge in [-0.15, -0.1) is 0 Å². The number of aliphatic hydroxyl groups excluding tert-OH is 1. The molecular formula is C15H23FN2O. The number of likely N-dealkylation sites (N-methyl/N-ethyl adjacent to an activating group) is 1. The maximum absolute atomic E-state index is 14.2. The van der Waals surface area contributed by atoms with Crippen LogP contribution in [0.25, 0.3) is 0 Å². The van der Waals surface area contributed by atoms with Crippen LogP contribution in [-0.2, 0) is 0 Å². The fraction of sp³-hybridized carbons (Fsp3) is 0.600. The molecule has 1 aliphatic rings. The van der Waals surface area contributed by atoms with Gasteiger partial charge in [-0.2, -0.15) is 0 Å². The van der Waals surface area contributed by atoms with Crippen LogP contribution >= 0.6 is 0 Å². The van der Waals surface area contributed by atoms with Crippen molar-refractivity contribution in [1.82, 2.24) is 4.90 Å². The molecule has 0 spiro atoms. The molecule has 1 atom stereocenters. The van der Waals surface area contributed by atoms with Gasteiger partial charge in [0.1, 0.15) is 5.82 Å². The Kier molecular flexibility index (Phi) is 3.83. The van der Waals surface area contributed by atoms with Gasteiger partial charge in [0.2, 0.25) is 0 Å². The van der Waals surface area contributed by atoms with E-state index in [9.17, 15) is 9.50 Å². The summed E-state index contributed by atoms with van der Waals surface area (Å²) in [5.41, 5.74) is 1.29. The van der Waals surface area contributed by atoms with E-state index < -0.39 is 6.10 Å². The van der Waals surface area contributed by atoms with Crippen LogP contribution in [0.4, 0.5) is 10.1 Å². The topological polar surface area (TPSA) is 26.7 Å². The van der Waals surface area contributed by atoms with E-state index in [-0.39, 0.29) is 11.4 Å². The zero-order valence-corrected chi connectivity index (χ0v) is 12.2. The van der Waals surface area contributed by atoms with Crippen LogP contribution < -0.4 is 4.90 Å². The lowest BCUT2D eigenvalue weighted by Gasteiger charge is -2.46. The zero-order chi connectivity index (χ0) is 14.2. The van der Waals surface area contributed by atoms with Gasteiger partial charge < -0.3 is 10.0 Å². The molecule has 0 aromatic heterocycles. The summed E-state index contributed by atoms with van der Waals surface area (Å²) in [5, 5.41) is 9.48. The van der Waals surface area contributed by atoms with Crippen molar-refractivity contribution in [2.45, 2.75) is 32.4 Å². The maximum Gasteiger partial charge on any atom is 0.146 e. The molecule has 1 N–H and O–H groups in total. The first-order valence-corrected chi connectivity index (χ1v) is 6.75. The van der Waals surface area contributed by atoms with Crippen LogP contribution in [0.3, 0.4) is 0 Å². The zero-order valence-electron chi connectivity index (χ0n) is 12.2. The average molecular weight is 266 g/mol. The highest BCUT2D eigenvalue weighted by Crippen LogP contribution is 2.28. The van der Waals surface area contributed by atoms with Crippen molar-refractivity contribution in [1.29, 1.82) is 0 Å². The van der Waals surface area contributed by atoms with E-state index in [0.29, 0.717) is 11.3 Å². The lowest BCUT2D eigenvalue weighted by molar-refractivity contribution is 0.138. The third-order valence-electron chi connectivity index (χ3n) is 4.11. The van der Waals surface area contributed by atoms with Crippen LogP contribution in [0.5, 0.6) is 0 Å². The minimum atomic E-state index is -0.632. The molecular weight excluding hydrogens is 243 g/mol. The van der Waals surface area contributed by atoms with E-state index in [4.69, 9.17) is 0 Å². The van der Waals surface area contributed by atoms with Crippen molar-refractivity contribution in [2.24, 2.45) is 0 Å². The summed E-state index contributed by atoms with van der Waals surface area (Å²) in [6, 6.07) is 5.01. The molecule has 19 heavy (non-hydrogen) atoms. The first-order valence-electron chi connectivity index (χ1n) is 6.75. The van der Waals surface area contributed by atoms with Crippen molar-refractivity contribution >= 4 is 5.69 Å². The molecule has 0 bridgehead atoms. The van der Waals surface area contributed by atoms with Gasteiger partial charge in [-0.25, -0.2) is 4.39 Å². The Hall–Kier alpha value is -1.13. The molecule has 1 aromatic rings. The molecule has 0 saturated carbocycles. The third-order valence-corrected chi connectivity index (χ3v) is 4.11. The molecule has 0 aliphatic carbocycles. The Morgan fingerprint density at radius 3 is 2.53 bits per heavy atom. The van der Waals surface area contributed by atoms with E-state index in [2.05, 4.69) is 30.7 Å². The molecule has 1 aromatic carbocycles. The number of hydrogen-bond donors (Lipinski definition) is 1. The predicted octanol–water partition coefficient (Wildman–Crippen LogP) is 2.41. The Morgan fingerprint density at radius 1 is 1.32 bits per heavy atom. The number of piperazine rings is 1. The van der Waals surface area contributed by atoms with Crippen molar-refractivity contribution in [3.63, 3.8) is 0 Å². The fourth-order valence-corrected chi connectivity index (χ4v) is 2.49. The van der Waals surface area contributed by atoms with Gasteiger partial charge in [-0.3, -0.25) is 4.90 Å². The Balaban J connectivity index is 2.23. The number of aliphatic hydroxyl groups is 1. The molecule has 1 saturated heterocycles. The minimum absolute atomic E-state index is 0.0353. The second-order valence-corrected chi connectivity index (χ2v) is 6.04. The largest absolute Gasteiger partial charge is 0.389 e. The van der Waals surface area contributed by atoms with E-state index in [1.54, 1.807) is 19.1 Å². The molecule has 2 rings (SSSR count). The second kappa shape index (κ2) is 5.10. The third kappa shape index (κ3) is 2.90. The Morgan fingerprint density at radius 2 is 2.00 bits per heavy atom. The fourth-order valence-electron chi connectivity index (χ4n) is 2.49. The SMILES string of the molecule is CC(O)c1ccc(N2CCN(C)C(C)(C)C2)c(F)c1. The van der Waals surface area contributed by atoms with Gasteiger partial charge >= 0.3 is 0 Å². The highest BCUT2D eigenvalue weighted by atomic mass is 19.1. The quantitative estimate of drug-likeness (QED) is 0.890. The van der Waals surface area contributed by atoms with Crippen molar-refractivity contribution in [3.8, 4) is 0 Å². The minimum Gasteiger partial charge on any atom is -0.389 e. The van der Waals surface area contributed by atoms with Crippen molar-refractivity contribution < 1.29 is 9.50 Å². The van der Waals surface area contributed by atoms with Gasteiger partial charge in [0.05, 0.1) is 11.8 Å². The van der Waals surface area contributed by atoms with E-state index in [1.807, 2.05) is 0 Å². The Bertz CT molecular complexity index is 459. The molecule has 1 heterocycles. The molecule has 0 radical (unpaired) electrons. The highest BCUT2D eigenvalue weighted by Gasteiger charge is 2.32. The van der Waals surface area contributed by atoms with E-state index in [1.165, 1.54) is 6.07 Å². The summed E-state index contributed by atoms with van der Waals surface area (Å²) in [6.07, 6.45) is -0.632. The van der Waals surface area contributed by atoms with Gasteiger partial charge in [0, 0.05) is 25.2 Å². The molecule has 1 aliphatic heterocycles. The van der Waals surface area contributed by atoms with Gasteiger partial charge in [-0.05, 0) is 45.5 Å². The summed E-state index contributed by atoms with van der Waals surface area (Å²) >= 11 is 0. The van der Waals surface area contributed by atoms with Gasteiger partial charge in [0.15, 0.2) is 0 Å². The normalized spacial score (nSPS) is 21.5. The first-order chi connectivity index (χ1) is 8.81. The second-order valence-electron chi connectivity index (χ2n) is 6.04. The van der Waals surface area contributed by atoms with Crippen LogP contribution in [0.15, 0.2) is 18.2 Å². The maximum atomic E-state index is 14.2. The first kappa shape index (κ1) is 14.3. The van der Waals surface area contributed by atoms with Crippen molar-refractivity contribution in [2.75, 3.05) is 31.6 Å². The number of hydrogen-bond acceptors (Lipinski definition) is 3. The lowest BCUT2D eigenvalue weighted by atomic mass is 9.99. The number of rotatable bonds is 2. The van der Waals surface area contributed by atoms with Crippen LogP contribution in [0, 0.1) is 5.82 Å². The van der Waals surface area contributed by atoms with Gasteiger partial charge in [-0.1, -0.05) is 6.07 Å². The van der Waals surface area contributed by atoms with Crippen LogP contribution in [0.1, 0.15) is 32.4 Å². The number of halogens is 1. The lowest BCUT2D eigenvalue weighted by Crippen LogP contribution is -2.57. The van der Waals surface area contributed by atoms with Crippen molar-refractivity contribution in [3.05, 3.63) is 29.6 Å². The number of anilines is 1. The smallest absolute Gasteiger partial charge is 0.146 e. The summed E-state index contributed by atoms with van der Waals surface area (Å²) in [7, 11) is 2.10. The Labute approximate surface area is 114 Å². The molecule has 106 valence electrons. The van der Waals surface area contributed by atoms with Crippen LogP contribution in [-0.4, -0.2) is 42.2 Å². The molecule has 1 unspecified atom stereocenters. The standard InChI is InChI=1S/C15H23FN2O/c1-11(19)12-5-6-14(13(16)9-12)18-8-7-17(4)15(2,3)10-18/h5-6,9,11,19H,7-8,10H2,1-4H3. The molecule has 4 heteroatoms. The molecule has 1 fully saturated rings. The summed E-state index contributed by atoms with van der Waals surface area (Å²) in [5.74, 6) is -0.251. The number of benzene rings is 1. The van der Waals surface area contributed by atoms with E-state index in [0.717, 1.165) is 19.6 Å².